The molecule has 0 aliphatic rings. The lowest BCUT2D eigenvalue weighted by molar-refractivity contribution is 0.102. The number of halogens is 1. The summed E-state index contributed by atoms with van der Waals surface area (Å²) in [5.41, 5.74) is 0.898. The Kier molecular flexibility index (Phi) is 4.61. The minimum atomic E-state index is -0.154. The monoisotopic (exact) mass is 337 g/mol. The van der Waals surface area contributed by atoms with Gasteiger partial charge in [-0.1, -0.05) is 0 Å². The van der Waals surface area contributed by atoms with E-state index in [0.717, 1.165) is 6.54 Å². The van der Waals surface area contributed by atoms with E-state index in [4.69, 9.17) is 0 Å². The summed E-state index contributed by atoms with van der Waals surface area (Å²) in [5, 5.41) is 4.24. The molecule has 0 aliphatic carbocycles. The van der Waals surface area contributed by atoms with Crippen molar-refractivity contribution in [3.05, 3.63) is 40.1 Å². The first-order valence-electron chi connectivity index (χ1n) is 6.19. The van der Waals surface area contributed by atoms with Gasteiger partial charge in [0.15, 0.2) is 0 Å². The number of carbonyl (C=O) groups excluding carboxylic acids is 1. The Morgan fingerprint density at radius 2 is 2.20 bits per heavy atom. The summed E-state index contributed by atoms with van der Waals surface area (Å²) < 4.78 is 2.38. The van der Waals surface area contributed by atoms with Gasteiger partial charge in [-0.3, -0.25) is 9.48 Å². The van der Waals surface area contributed by atoms with E-state index < -0.39 is 0 Å². The summed E-state index contributed by atoms with van der Waals surface area (Å²) in [4.78, 5) is 22.8. The molecule has 0 saturated carbocycles. The molecule has 20 heavy (non-hydrogen) atoms. The Morgan fingerprint density at radius 3 is 2.85 bits per heavy atom. The number of aryl methyl sites for hydroxylation is 1. The second-order valence-electron chi connectivity index (χ2n) is 4.69. The van der Waals surface area contributed by atoms with Gasteiger partial charge in [-0.15, -0.1) is 0 Å². The van der Waals surface area contributed by atoms with Gasteiger partial charge in [-0.25, -0.2) is 9.97 Å². The summed E-state index contributed by atoms with van der Waals surface area (Å²) in [6, 6.07) is 1.62. The summed E-state index contributed by atoms with van der Waals surface area (Å²) in [5.74, 6) is 0.421. The molecule has 0 atom stereocenters. The number of rotatable bonds is 5. The van der Waals surface area contributed by atoms with Crippen LogP contribution in [0.15, 0.2) is 22.9 Å². The Hall–Kier alpha value is -1.60. The Morgan fingerprint density at radius 1 is 1.45 bits per heavy atom. The molecule has 0 spiro atoms. The van der Waals surface area contributed by atoms with Gasteiger partial charge in [0, 0.05) is 12.7 Å². The van der Waals surface area contributed by atoms with Crippen LogP contribution in [0.5, 0.6) is 0 Å². The van der Waals surface area contributed by atoms with Crippen LogP contribution in [0.4, 0.5) is 0 Å². The average molecular weight is 338 g/mol. The molecule has 0 bridgehead atoms. The van der Waals surface area contributed by atoms with E-state index in [0.29, 0.717) is 28.2 Å². The highest BCUT2D eigenvalue weighted by Crippen LogP contribution is 2.19. The normalized spacial score (nSPS) is 11.1. The summed E-state index contributed by atoms with van der Waals surface area (Å²) in [7, 11) is 3.96. The van der Waals surface area contributed by atoms with Crippen molar-refractivity contribution < 1.29 is 4.79 Å². The molecule has 0 amide bonds. The first-order valence-corrected chi connectivity index (χ1v) is 6.98. The van der Waals surface area contributed by atoms with E-state index in [1.54, 1.807) is 30.1 Å². The van der Waals surface area contributed by atoms with E-state index in [2.05, 4.69) is 31.0 Å². The predicted molar refractivity (Wildman–Crippen MR) is 78.7 cm³/mol. The number of hydrogen-bond acceptors (Lipinski definition) is 5. The number of hydrogen-bond donors (Lipinski definition) is 0. The molecule has 0 radical (unpaired) electrons. The molecular weight excluding hydrogens is 322 g/mol. The SMILES string of the molecule is Cc1nccc(C(=O)c2c(Br)cnn2CCN(C)C)n1. The van der Waals surface area contributed by atoms with Crippen LogP contribution in [0.2, 0.25) is 0 Å². The first-order chi connectivity index (χ1) is 9.49. The third-order valence-electron chi connectivity index (χ3n) is 2.78. The maximum absolute atomic E-state index is 12.6. The molecule has 0 fully saturated rings. The summed E-state index contributed by atoms with van der Waals surface area (Å²) in [6.45, 7) is 3.20. The number of carbonyl (C=O) groups is 1. The van der Waals surface area contributed by atoms with Crippen LogP contribution in [0.25, 0.3) is 0 Å². The van der Waals surface area contributed by atoms with Crippen molar-refractivity contribution in [2.75, 3.05) is 20.6 Å². The molecule has 2 aromatic rings. The van der Waals surface area contributed by atoms with E-state index in [-0.39, 0.29) is 5.78 Å². The summed E-state index contributed by atoms with van der Waals surface area (Å²) >= 11 is 3.38. The molecule has 0 saturated heterocycles. The third kappa shape index (κ3) is 3.29. The highest BCUT2D eigenvalue weighted by Gasteiger charge is 2.20. The highest BCUT2D eigenvalue weighted by molar-refractivity contribution is 9.10. The van der Waals surface area contributed by atoms with Gasteiger partial charge in [0.2, 0.25) is 5.78 Å². The molecule has 0 unspecified atom stereocenters. The van der Waals surface area contributed by atoms with Gasteiger partial charge in [0.25, 0.3) is 0 Å². The largest absolute Gasteiger partial charge is 0.308 e. The van der Waals surface area contributed by atoms with E-state index >= 15 is 0 Å². The zero-order valence-electron chi connectivity index (χ0n) is 11.7. The second-order valence-corrected chi connectivity index (χ2v) is 5.54. The van der Waals surface area contributed by atoms with E-state index in [1.165, 1.54) is 0 Å². The maximum Gasteiger partial charge on any atom is 0.230 e. The Bertz CT molecular complexity index is 623. The molecule has 6 nitrogen and oxygen atoms in total. The van der Waals surface area contributed by atoms with Gasteiger partial charge >= 0.3 is 0 Å². The highest BCUT2D eigenvalue weighted by atomic mass is 79.9. The lowest BCUT2D eigenvalue weighted by atomic mass is 10.2. The van der Waals surface area contributed by atoms with Crippen molar-refractivity contribution in [3.63, 3.8) is 0 Å². The molecule has 106 valence electrons. The summed E-state index contributed by atoms with van der Waals surface area (Å²) in [6.07, 6.45) is 3.22. The van der Waals surface area contributed by atoms with E-state index in [9.17, 15) is 4.79 Å². The maximum atomic E-state index is 12.6. The van der Waals surface area contributed by atoms with Crippen molar-refractivity contribution in [2.24, 2.45) is 0 Å². The number of aromatic nitrogens is 4. The van der Waals surface area contributed by atoms with Crippen molar-refractivity contribution in [1.82, 2.24) is 24.6 Å². The van der Waals surface area contributed by atoms with Crippen LogP contribution in [-0.4, -0.2) is 51.1 Å². The van der Waals surface area contributed by atoms with Gasteiger partial charge in [-0.2, -0.15) is 5.10 Å². The van der Waals surface area contributed by atoms with Gasteiger partial charge in [0.05, 0.1) is 17.2 Å². The second kappa shape index (κ2) is 6.23. The third-order valence-corrected chi connectivity index (χ3v) is 3.36. The zero-order chi connectivity index (χ0) is 14.7. The number of ketones is 1. The predicted octanol–water partition coefficient (Wildman–Crippen LogP) is 1.54. The topological polar surface area (TPSA) is 63.9 Å². The Labute approximate surface area is 126 Å². The molecule has 2 aromatic heterocycles. The molecule has 7 heteroatoms. The average Bonchev–Trinajstić information content (AvgIpc) is 2.76. The zero-order valence-corrected chi connectivity index (χ0v) is 13.3. The molecule has 2 rings (SSSR count). The van der Waals surface area contributed by atoms with Gasteiger partial charge in [0.1, 0.15) is 17.2 Å². The molecule has 0 N–H and O–H groups in total. The molecule has 0 aromatic carbocycles. The van der Waals surface area contributed by atoms with Crippen LogP contribution < -0.4 is 0 Å². The van der Waals surface area contributed by atoms with E-state index in [1.807, 2.05) is 19.0 Å². The van der Waals surface area contributed by atoms with Crippen molar-refractivity contribution >= 4 is 21.7 Å². The van der Waals surface area contributed by atoms with Crippen LogP contribution >= 0.6 is 15.9 Å². The van der Waals surface area contributed by atoms with Crippen LogP contribution in [0, 0.1) is 6.92 Å². The number of nitrogens with zero attached hydrogens (tertiary/aromatic N) is 5. The van der Waals surface area contributed by atoms with Crippen LogP contribution in [-0.2, 0) is 6.54 Å². The first kappa shape index (κ1) is 14.8. The van der Waals surface area contributed by atoms with Gasteiger partial charge in [-0.05, 0) is 43.0 Å². The Balaban J connectivity index is 2.32. The van der Waals surface area contributed by atoms with Crippen molar-refractivity contribution in [2.45, 2.75) is 13.5 Å². The fourth-order valence-electron chi connectivity index (χ4n) is 1.76. The minimum Gasteiger partial charge on any atom is -0.308 e. The minimum absolute atomic E-state index is 0.154. The smallest absolute Gasteiger partial charge is 0.230 e. The molecular formula is C13H16BrN5O. The standard InChI is InChI=1S/C13H16BrN5O/c1-9-15-5-4-11(17-9)13(20)12-10(14)8-16-19(12)7-6-18(2)3/h4-5,8H,6-7H2,1-3H3. The fraction of sp³-hybridized carbons (Fsp3) is 0.385. The van der Waals surface area contributed by atoms with Crippen molar-refractivity contribution in [3.8, 4) is 0 Å². The number of likely N-dealkylation sites (N-methyl/N-ethyl adjacent to an activating group) is 1. The lowest BCUT2D eigenvalue weighted by Crippen LogP contribution is -2.22. The fourth-order valence-corrected chi connectivity index (χ4v) is 2.23. The quantitative estimate of drug-likeness (QED) is 0.774. The lowest BCUT2D eigenvalue weighted by Gasteiger charge is -2.11. The van der Waals surface area contributed by atoms with Crippen LogP contribution in [0.3, 0.4) is 0 Å². The van der Waals surface area contributed by atoms with Crippen molar-refractivity contribution in [1.29, 1.82) is 0 Å². The molecule has 0 aliphatic heterocycles. The van der Waals surface area contributed by atoms with Gasteiger partial charge < -0.3 is 4.90 Å². The van der Waals surface area contributed by atoms with Crippen LogP contribution in [0.1, 0.15) is 22.0 Å². The molecule has 2 heterocycles.